The Bertz CT molecular complexity index is 718. The second-order valence-corrected chi connectivity index (χ2v) is 5.64. The van der Waals surface area contributed by atoms with Gasteiger partial charge in [-0.15, -0.1) is 11.3 Å². The first-order valence-electron chi connectivity index (χ1n) is 5.75. The van der Waals surface area contributed by atoms with E-state index in [2.05, 4.69) is 0 Å². The van der Waals surface area contributed by atoms with Crippen LogP contribution in [0.4, 0.5) is 4.39 Å². The minimum Gasteiger partial charge on any atom is -0.384 e. The van der Waals surface area contributed by atoms with Crippen LogP contribution in [0, 0.1) is 5.82 Å². The summed E-state index contributed by atoms with van der Waals surface area (Å²) in [5, 5.41) is 13.8. The van der Waals surface area contributed by atoms with E-state index >= 15 is 0 Å². The van der Waals surface area contributed by atoms with Gasteiger partial charge in [-0.25, -0.2) is 4.39 Å². The molecule has 1 N–H and O–H groups in total. The summed E-state index contributed by atoms with van der Waals surface area (Å²) in [4.78, 5) is 0. The molecule has 1 nitrogen and oxygen atoms in total. The number of hydrogen-bond acceptors (Lipinski definition) is 2. The van der Waals surface area contributed by atoms with Gasteiger partial charge in [0.25, 0.3) is 0 Å². The number of fused-ring (bicyclic) bond motifs is 1. The molecule has 96 valence electrons. The number of aliphatic hydroxyl groups is 1. The largest absolute Gasteiger partial charge is 0.384 e. The van der Waals surface area contributed by atoms with Gasteiger partial charge >= 0.3 is 0 Å². The second-order valence-electron chi connectivity index (χ2n) is 4.29. The zero-order chi connectivity index (χ0) is 13.4. The molecule has 19 heavy (non-hydrogen) atoms. The third-order valence-corrected chi connectivity index (χ3v) is 4.20. The van der Waals surface area contributed by atoms with Crippen molar-refractivity contribution in [1.82, 2.24) is 0 Å². The van der Waals surface area contributed by atoms with Crippen LogP contribution in [0.15, 0.2) is 47.8 Å². The maximum atomic E-state index is 13.4. The van der Waals surface area contributed by atoms with E-state index in [1.807, 2.05) is 29.6 Å². The Labute approximate surface area is 118 Å². The average Bonchev–Trinajstić information content (AvgIpc) is 2.84. The molecule has 0 spiro atoms. The molecule has 0 saturated heterocycles. The predicted octanol–water partition coefficient (Wildman–Crippen LogP) is 4.78. The van der Waals surface area contributed by atoms with Crippen molar-refractivity contribution in [1.29, 1.82) is 0 Å². The SMILES string of the molecule is OC(c1cc(F)cc(Cl)c1)c1cccc2ccsc12. The van der Waals surface area contributed by atoms with Gasteiger partial charge in [0.05, 0.1) is 0 Å². The zero-order valence-electron chi connectivity index (χ0n) is 9.81. The van der Waals surface area contributed by atoms with Crippen molar-refractivity contribution in [3.8, 4) is 0 Å². The first-order valence-corrected chi connectivity index (χ1v) is 7.01. The normalized spacial score (nSPS) is 12.8. The van der Waals surface area contributed by atoms with E-state index in [9.17, 15) is 9.50 Å². The van der Waals surface area contributed by atoms with Gasteiger partial charge in [-0.05, 0) is 40.6 Å². The van der Waals surface area contributed by atoms with Crippen molar-refractivity contribution in [3.63, 3.8) is 0 Å². The van der Waals surface area contributed by atoms with Crippen molar-refractivity contribution in [3.05, 3.63) is 69.8 Å². The number of rotatable bonds is 2. The van der Waals surface area contributed by atoms with Crippen LogP contribution >= 0.6 is 22.9 Å². The first kappa shape index (κ1) is 12.6. The van der Waals surface area contributed by atoms with E-state index in [4.69, 9.17) is 11.6 Å². The molecule has 0 radical (unpaired) electrons. The number of hydrogen-bond donors (Lipinski definition) is 1. The van der Waals surface area contributed by atoms with Crippen molar-refractivity contribution < 1.29 is 9.50 Å². The number of benzene rings is 2. The highest BCUT2D eigenvalue weighted by Crippen LogP contribution is 2.33. The molecule has 1 unspecified atom stereocenters. The van der Waals surface area contributed by atoms with Crippen LogP contribution < -0.4 is 0 Å². The van der Waals surface area contributed by atoms with Gasteiger partial charge in [0, 0.05) is 15.3 Å². The molecule has 0 amide bonds. The molecular weight excluding hydrogens is 283 g/mol. The zero-order valence-corrected chi connectivity index (χ0v) is 11.4. The highest BCUT2D eigenvalue weighted by molar-refractivity contribution is 7.17. The van der Waals surface area contributed by atoms with Crippen LogP contribution in [-0.4, -0.2) is 5.11 Å². The Morgan fingerprint density at radius 1 is 1.16 bits per heavy atom. The smallest absolute Gasteiger partial charge is 0.125 e. The van der Waals surface area contributed by atoms with E-state index in [1.165, 1.54) is 12.1 Å². The van der Waals surface area contributed by atoms with Crippen LogP contribution in [0.2, 0.25) is 5.02 Å². The lowest BCUT2D eigenvalue weighted by molar-refractivity contribution is 0.221. The third-order valence-electron chi connectivity index (χ3n) is 3.00. The quantitative estimate of drug-likeness (QED) is 0.721. The van der Waals surface area contributed by atoms with Crippen LogP contribution in [0.1, 0.15) is 17.2 Å². The Morgan fingerprint density at radius 3 is 2.79 bits per heavy atom. The fraction of sp³-hybridized carbons (Fsp3) is 0.0667. The molecule has 0 aliphatic carbocycles. The van der Waals surface area contributed by atoms with E-state index in [-0.39, 0.29) is 5.02 Å². The van der Waals surface area contributed by atoms with E-state index in [1.54, 1.807) is 17.4 Å². The molecule has 0 fully saturated rings. The summed E-state index contributed by atoms with van der Waals surface area (Å²) < 4.78 is 14.4. The maximum absolute atomic E-state index is 13.4. The van der Waals surface area contributed by atoms with Crippen LogP contribution in [0.3, 0.4) is 0 Å². The predicted molar refractivity (Wildman–Crippen MR) is 77.3 cm³/mol. The summed E-state index contributed by atoms with van der Waals surface area (Å²) in [5.74, 6) is -0.445. The monoisotopic (exact) mass is 292 g/mol. The molecule has 3 aromatic rings. The molecular formula is C15H10ClFOS. The average molecular weight is 293 g/mol. The number of aliphatic hydroxyl groups excluding tert-OH is 1. The van der Waals surface area contributed by atoms with Gasteiger partial charge in [0.2, 0.25) is 0 Å². The molecule has 4 heteroatoms. The second kappa shape index (κ2) is 4.93. The van der Waals surface area contributed by atoms with E-state index in [0.29, 0.717) is 5.56 Å². The molecule has 1 heterocycles. The van der Waals surface area contributed by atoms with Gasteiger partial charge in [-0.3, -0.25) is 0 Å². The van der Waals surface area contributed by atoms with Crippen LogP contribution in [0.25, 0.3) is 10.1 Å². The number of thiophene rings is 1. The lowest BCUT2D eigenvalue weighted by atomic mass is 10.0. The molecule has 1 atom stereocenters. The van der Waals surface area contributed by atoms with E-state index in [0.717, 1.165) is 15.6 Å². The Morgan fingerprint density at radius 2 is 2.00 bits per heavy atom. The van der Waals surface area contributed by atoms with E-state index < -0.39 is 11.9 Å². The highest BCUT2D eigenvalue weighted by atomic mass is 35.5. The lowest BCUT2D eigenvalue weighted by Crippen LogP contribution is -2.00. The molecule has 0 saturated carbocycles. The minimum absolute atomic E-state index is 0.285. The first-order chi connectivity index (χ1) is 9.15. The summed E-state index contributed by atoms with van der Waals surface area (Å²) in [6, 6.07) is 11.8. The molecule has 0 aliphatic heterocycles. The topological polar surface area (TPSA) is 20.2 Å². The van der Waals surface area contributed by atoms with Crippen molar-refractivity contribution in [2.75, 3.05) is 0 Å². The van der Waals surface area contributed by atoms with Gasteiger partial charge in [0.15, 0.2) is 0 Å². The summed E-state index contributed by atoms with van der Waals surface area (Å²) in [5.41, 5.74) is 1.24. The maximum Gasteiger partial charge on any atom is 0.125 e. The summed E-state index contributed by atoms with van der Waals surface area (Å²) in [6.07, 6.45) is -0.879. The van der Waals surface area contributed by atoms with Crippen LogP contribution in [0.5, 0.6) is 0 Å². The number of halogens is 2. The molecule has 1 aromatic heterocycles. The van der Waals surface area contributed by atoms with Crippen LogP contribution in [-0.2, 0) is 0 Å². The summed E-state index contributed by atoms with van der Waals surface area (Å²) in [6.45, 7) is 0. The molecule has 0 aliphatic rings. The summed E-state index contributed by atoms with van der Waals surface area (Å²) in [7, 11) is 0. The third kappa shape index (κ3) is 2.37. The van der Waals surface area contributed by atoms with Gasteiger partial charge in [-0.2, -0.15) is 0 Å². The summed E-state index contributed by atoms with van der Waals surface area (Å²) >= 11 is 7.39. The minimum atomic E-state index is -0.879. The molecule has 0 bridgehead atoms. The van der Waals surface area contributed by atoms with Gasteiger partial charge < -0.3 is 5.11 Å². The Balaban J connectivity index is 2.13. The fourth-order valence-corrected chi connectivity index (χ4v) is 3.31. The Hall–Kier alpha value is -1.42. The fourth-order valence-electron chi connectivity index (χ4n) is 2.14. The van der Waals surface area contributed by atoms with Crippen molar-refractivity contribution in [2.45, 2.75) is 6.10 Å². The van der Waals surface area contributed by atoms with Crippen molar-refractivity contribution in [2.24, 2.45) is 0 Å². The van der Waals surface area contributed by atoms with Gasteiger partial charge in [0.1, 0.15) is 11.9 Å². The Kier molecular flexibility index (Phi) is 3.27. The molecule has 2 aromatic carbocycles. The molecule has 3 rings (SSSR count). The van der Waals surface area contributed by atoms with Gasteiger partial charge in [-0.1, -0.05) is 29.8 Å². The standard InChI is InChI=1S/C15H10ClFOS/c16-11-6-10(7-12(17)8-11)14(18)13-3-1-2-9-4-5-19-15(9)13/h1-8,14,18H. The highest BCUT2D eigenvalue weighted by Gasteiger charge is 2.15. The van der Waals surface area contributed by atoms with Crippen molar-refractivity contribution >= 4 is 33.0 Å². The lowest BCUT2D eigenvalue weighted by Gasteiger charge is -2.13.